The van der Waals surface area contributed by atoms with Gasteiger partial charge in [0.1, 0.15) is 0 Å². The standard InChI is InChI=1S/2C3H5.Cu/c2*1-3-2;/h2*1,3H,2H3;. The molecule has 0 bridgehead atoms. The van der Waals surface area contributed by atoms with Crippen LogP contribution in [0.1, 0.15) is 13.8 Å². The van der Waals surface area contributed by atoms with Crippen molar-refractivity contribution in [3.63, 3.8) is 0 Å². The molecule has 1 heteroatoms. The zero-order chi connectivity index (χ0) is 5.54. The van der Waals surface area contributed by atoms with E-state index in [1.807, 2.05) is 35.9 Å². The van der Waals surface area contributed by atoms with E-state index in [4.69, 9.17) is 0 Å². The fourth-order valence-corrected chi connectivity index (χ4v) is 0.617. The molecule has 0 aromatic rings. The van der Waals surface area contributed by atoms with Gasteiger partial charge in [0.15, 0.2) is 0 Å². The molecule has 0 N–H and O–H groups in total. The van der Waals surface area contributed by atoms with E-state index in [9.17, 15) is 0 Å². The molecule has 0 radical (unpaired) electrons. The molecule has 0 rings (SSSR count). The van der Waals surface area contributed by atoms with Crippen LogP contribution in [0.3, 0.4) is 0 Å². The Bertz CT molecular complexity index is 62.2. The molecule has 0 fully saturated rings. The van der Waals surface area contributed by atoms with E-state index in [2.05, 4.69) is 0 Å². The molecule has 0 atom stereocenters. The van der Waals surface area contributed by atoms with E-state index in [-0.39, 0.29) is 0 Å². The van der Waals surface area contributed by atoms with Crippen LogP contribution in [0.4, 0.5) is 0 Å². The Hall–Kier alpha value is -0.000519. The molecule has 0 aliphatic rings. The van der Waals surface area contributed by atoms with Crippen LogP contribution in [-0.4, -0.2) is 0 Å². The van der Waals surface area contributed by atoms with Crippen molar-refractivity contribution in [1.82, 2.24) is 0 Å². The zero-order valence-electron chi connectivity index (χ0n) is 4.61. The monoisotopic (exact) mass is 145 g/mol. The average Bonchev–Trinajstić information content (AvgIpc) is 1.69. The van der Waals surface area contributed by atoms with Gasteiger partial charge < -0.3 is 0 Å². The van der Waals surface area contributed by atoms with Gasteiger partial charge in [-0.2, -0.15) is 0 Å². The number of hydrogen-bond donors (Lipinski definition) is 0. The first-order valence-corrected chi connectivity index (χ1v) is 3.26. The van der Waals surface area contributed by atoms with Gasteiger partial charge in [0.25, 0.3) is 0 Å². The summed E-state index contributed by atoms with van der Waals surface area (Å²) in [6.07, 6.45) is 4.03. The SMILES string of the molecule is C/C=[CH]\[Cu]/[CH]=C\C. The van der Waals surface area contributed by atoms with Crippen molar-refractivity contribution >= 4 is 0 Å². The fraction of sp³-hybridized carbons (Fsp3) is 0.333. The predicted molar refractivity (Wildman–Crippen MR) is 29.6 cm³/mol. The van der Waals surface area contributed by atoms with Gasteiger partial charge in [0, 0.05) is 0 Å². The molecule has 0 unspecified atom stereocenters. The van der Waals surface area contributed by atoms with Crippen LogP contribution in [0.25, 0.3) is 0 Å². The molecule has 0 nitrogen and oxygen atoms in total. The summed E-state index contributed by atoms with van der Waals surface area (Å²) < 4.78 is 0. The van der Waals surface area contributed by atoms with Gasteiger partial charge in [-0.1, -0.05) is 0 Å². The maximum absolute atomic E-state index is 2.03. The Morgan fingerprint density at radius 2 is 1.43 bits per heavy atom. The molecule has 0 spiro atoms. The molecule has 0 aromatic carbocycles. The summed E-state index contributed by atoms with van der Waals surface area (Å²) in [5, 5.41) is 0. The van der Waals surface area contributed by atoms with Gasteiger partial charge in [-0.15, -0.1) is 0 Å². The van der Waals surface area contributed by atoms with Crippen molar-refractivity contribution in [1.29, 1.82) is 0 Å². The van der Waals surface area contributed by atoms with Crippen LogP contribution in [0.2, 0.25) is 0 Å². The molecule has 0 saturated heterocycles. The summed E-state index contributed by atoms with van der Waals surface area (Å²) in [7, 11) is 0. The summed E-state index contributed by atoms with van der Waals surface area (Å²) in [6, 6.07) is 0. The minimum absolute atomic E-state index is 1.77. The second-order valence-corrected chi connectivity index (χ2v) is 1.91. The summed E-state index contributed by atoms with van der Waals surface area (Å²) in [6.45, 7) is 4.02. The predicted octanol–water partition coefficient (Wildman–Crippen LogP) is 2.14. The van der Waals surface area contributed by atoms with Gasteiger partial charge in [-0.05, 0) is 0 Å². The van der Waals surface area contributed by atoms with Crippen LogP contribution >= 0.6 is 0 Å². The zero-order valence-corrected chi connectivity index (χ0v) is 5.55. The van der Waals surface area contributed by atoms with Gasteiger partial charge in [-0.25, -0.2) is 0 Å². The topological polar surface area (TPSA) is 0 Å². The van der Waals surface area contributed by atoms with Crippen molar-refractivity contribution < 1.29 is 15.0 Å². The van der Waals surface area contributed by atoms with Gasteiger partial charge in [-0.3, -0.25) is 0 Å². The molecular formula is C6H10Cu. The third-order valence-electron chi connectivity index (χ3n) is 0.317. The van der Waals surface area contributed by atoms with E-state index < -0.39 is 0 Å². The summed E-state index contributed by atoms with van der Waals surface area (Å²) in [5.74, 6) is 0. The first kappa shape index (κ1) is 7.00. The summed E-state index contributed by atoms with van der Waals surface area (Å²) >= 11 is 1.77. The first-order valence-electron chi connectivity index (χ1n) is 2.17. The minimum atomic E-state index is 1.77. The average molecular weight is 146 g/mol. The molecule has 0 aliphatic carbocycles. The van der Waals surface area contributed by atoms with Gasteiger partial charge in [0.2, 0.25) is 0 Å². The quantitative estimate of drug-likeness (QED) is 0.523. The van der Waals surface area contributed by atoms with Gasteiger partial charge >= 0.3 is 50.9 Å². The molecule has 7 heavy (non-hydrogen) atoms. The van der Waals surface area contributed by atoms with Crippen molar-refractivity contribution in [2.45, 2.75) is 13.8 Å². The third kappa shape index (κ3) is 6.00. The van der Waals surface area contributed by atoms with E-state index in [0.717, 1.165) is 0 Å². The Labute approximate surface area is 51.5 Å². The van der Waals surface area contributed by atoms with Crippen molar-refractivity contribution in [2.75, 3.05) is 0 Å². The molecule has 0 saturated carbocycles. The summed E-state index contributed by atoms with van der Waals surface area (Å²) in [4.78, 5) is 4.06. The van der Waals surface area contributed by atoms with E-state index >= 15 is 0 Å². The number of allylic oxidation sites excluding steroid dienone is 2. The van der Waals surface area contributed by atoms with Crippen molar-refractivity contribution in [3.8, 4) is 0 Å². The number of hydrogen-bond acceptors (Lipinski definition) is 0. The first-order chi connectivity index (χ1) is 3.41. The van der Waals surface area contributed by atoms with Gasteiger partial charge in [0.05, 0.1) is 0 Å². The molecule has 0 heterocycles. The van der Waals surface area contributed by atoms with E-state index in [1.165, 1.54) is 0 Å². The second-order valence-electron chi connectivity index (χ2n) is 0.968. The van der Waals surface area contributed by atoms with Crippen LogP contribution in [0.15, 0.2) is 22.1 Å². The second kappa shape index (κ2) is 6.00. The molecule has 0 aliphatic heterocycles. The van der Waals surface area contributed by atoms with Crippen LogP contribution in [-0.2, 0) is 15.0 Å². The molecule has 45 valence electrons. The van der Waals surface area contributed by atoms with Crippen LogP contribution < -0.4 is 0 Å². The molecule has 0 amide bonds. The maximum atomic E-state index is 2.03. The van der Waals surface area contributed by atoms with Crippen molar-refractivity contribution in [2.24, 2.45) is 0 Å². The van der Waals surface area contributed by atoms with Crippen molar-refractivity contribution in [3.05, 3.63) is 22.1 Å². The van der Waals surface area contributed by atoms with Crippen LogP contribution in [0, 0.1) is 0 Å². The van der Waals surface area contributed by atoms with E-state index in [0.29, 0.717) is 0 Å². The Morgan fingerprint density at radius 1 is 1.00 bits per heavy atom. The Morgan fingerprint density at radius 3 is 1.71 bits per heavy atom. The fourth-order valence-electron chi connectivity index (χ4n) is 0.150. The molecular weight excluding hydrogens is 136 g/mol. The Balaban J connectivity index is 2.98. The van der Waals surface area contributed by atoms with E-state index in [1.54, 1.807) is 15.0 Å². The normalized spacial score (nSPS) is 12.3. The Kier molecular flexibility index (Phi) is 6.00. The van der Waals surface area contributed by atoms with Crippen LogP contribution in [0.5, 0.6) is 0 Å². The summed E-state index contributed by atoms with van der Waals surface area (Å²) in [5.41, 5.74) is 0. The molecule has 0 aromatic heterocycles. The number of rotatable bonds is 2. The third-order valence-corrected chi connectivity index (χ3v) is 1.31.